The molecule has 9 nitrogen and oxygen atoms in total. The predicted molar refractivity (Wildman–Crippen MR) is 123 cm³/mol. The molecule has 10 heteroatoms. The van der Waals surface area contributed by atoms with Crippen molar-refractivity contribution >= 4 is 21.8 Å². The Hall–Kier alpha value is -3.89. The van der Waals surface area contributed by atoms with Crippen molar-refractivity contribution in [2.24, 2.45) is 0 Å². The topological polar surface area (TPSA) is 128 Å². The quantitative estimate of drug-likeness (QED) is 0.331. The second kappa shape index (κ2) is 10.8. The van der Waals surface area contributed by atoms with E-state index in [1.54, 1.807) is 30.3 Å². The van der Waals surface area contributed by atoms with E-state index in [0.29, 0.717) is 5.75 Å². The van der Waals surface area contributed by atoms with Crippen molar-refractivity contribution in [1.82, 2.24) is 4.72 Å². The van der Waals surface area contributed by atoms with E-state index in [0.717, 1.165) is 23.8 Å². The van der Waals surface area contributed by atoms with Gasteiger partial charge >= 0.3 is 5.97 Å². The summed E-state index contributed by atoms with van der Waals surface area (Å²) in [7, 11) is -1.13. The first-order valence-electron chi connectivity index (χ1n) is 10.0. The molecule has 0 bridgehead atoms. The number of nitrogens with one attached hydrogen (secondary N) is 1. The maximum Gasteiger partial charge on any atom is 0.342 e. The summed E-state index contributed by atoms with van der Waals surface area (Å²) in [5.41, 5.74) is 0.524. The summed E-state index contributed by atoms with van der Waals surface area (Å²) < 4.78 is 43.0. The number of hydrogen-bond donors (Lipinski definition) is 2. The molecule has 0 aliphatic heterocycles. The minimum atomic E-state index is -3.99. The van der Waals surface area contributed by atoms with Gasteiger partial charge in [-0.1, -0.05) is 30.3 Å². The van der Waals surface area contributed by atoms with Gasteiger partial charge in [0.05, 0.1) is 24.7 Å². The molecule has 0 unspecified atom stereocenters. The van der Waals surface area contributed by atoms with Gasteiger partial charge in [0.25, 0.3) is 0 Å². The van der Waals surface area contributed by atoms with Gasteiger partial charge in [-0.15, -0.1) is 0 Å². The minimum absolute atomic E-state index is 0.0437. The standard InChI is InChI=1S/C24H23NO8S/c1-31-17-8-10-19(23(12-17)32-2)22(27)15-33-24(28)20-13-18(9-11-21(20)26)34(29,30)25-14-16-6-4-3-5-7-16/h3-13,25-26H,14-15H2,1-2H3. The van der Waals surface area contributed by atoms with E-state index in [1.165, 1.54) is 26.4 Å². The summed E-state index contributed by atoms with van der Waals surface area (Å²) >= 11 is 0. The van der Waals surface area contributed by atoms with E-state index >= 15 is 0 Å². The molecule has 0 saturated carbocycles. The number of ketones is 1. The molecule has 0 heterocycles. The number of ether oxygens (including phenoxy) is 3. The summed E-state index contributed by atoms with van der Waals surface area (Å²) in [6.07, 6.45) is 0. The van der Waals surface area contributed by atoms with Gasteiger partial charge in [-0.3, -0.25) is 4.79 Å². The molecular weight excluding hydrogens is 462 g/mol. The third-order valence-corrected chi connectivity index (χ3v) is 6.25. The van der Waals surface area contributed by atoms with Gasteiger partial charge in [0, 0.05) is 12.6 Å². The highest BCUT2D eigenvalue weighted by molar-refractivity contribution is 7.89. The number of phenols is 1. The van der Waals surface area contributed by atoms with Gasteiger partial charge in [-0.25, -0.2) is 17.9 Å². The lowest BCUT2D eigenvalue weighted by Gasteiger charge is -2.11. The Labute approximate surface area is 197 Å². The number of Topliss-reactive ketones (excluding diaryl/α,β-unsaturated/α-hetero) is 1. The van der Waals surface area contributed by atoms with Crippen molar-refractivity contribution in [2.45, 2.75) is 11.4 Å². The van der Waals surface area contributed by atoms with Crippen molar-refractivity contribution in [2.75, 3.05) is 20.8 Å². The Kier molecular flexibility index (Phi) is 7.87. The third kappa shape index (κ3) is 5.91. The molecule has 3 aromatic rings. The number of carbonyl (C=O) groups excluding carboxylic acids is 2. The van der Waals surface area contributed by atoms with Crippen LogP contribution in [0.25, 0.3) is 0 Å². The number of aromatic hydroxyl groups is 1. The summed E-state index contributed by atoms with van der Waals surface area (Å²) in [5, 5.41) is 10.1. The van der Waals surface area contributed by atoms with Crippen LogP contribution in [0.1, 0.15) is 26.3 Å². The maximum atomic E-state index is 12.6. The molecule has 0 radical (unpaired) electrons. The SMILES string of the molecule is COc1ccc(C(=O)COC(=O)c2cc(S(=O)(=O)NCc3ccccc3)ccc2O)c(OC)c1. The predicted octanol–water partition coefficient (Wildman–Crippen LogP) is 2.93. The molecule has 3 rings (SSSR count). The fourth-order valence-electron chi connectivity index (χ4n) is 3.02. The van der Waals surface area contributed by atoms with Crippen molar-refractivity contribution in [3.8, 4) is 17.2 Å². The Morgan fingerprint density at radius 1 is 0.912 bits per heavy atom. The largest absolute Gasteiger partial charge is 0.507 e. The maximum absolute atomic E-state index is 12.6. The van der Waals surface area contributed by atoms with Crippen LogP contribution in [0.15, 0.2) is 71.6 Å². The molecule has 0 atom stereocenters. The highest BCUT2D eigenvalue weighted by Crippen LogP contribution is 2.26. The van der Waals surface area contributed by atoms with Crippen molar-refractivity contribution in [1.29, 1.82) is 0 Å². The smallest absolute Gasteiger partial charge is 0.342 e. The molecule has 0 aromatic heterocycles. The lowest BCUT2D eigenvalue weighted by molar-refractivity contribution is 0.0470. The Morgan fingerprint density at radius 2 is 1.65 bits per heavy atom. The molecule has 0 aliphatic rings. The van der Waals surface area contributed by atoms with Crippen LogP contribution >= 0.6 is 0 Å². The number of phenolic OH excluding ortho intramolecular Hbond substituents is 1. The third-order valence-electron chi connectivity index (χ3n) is 4.85. The van der Waals surface area contributed by atoms with Crippen molar-refractivity contribution in [3.05, 3.63) is 83.4 Å². The molecule has 0 fully saturated rings. The molecule has 34 heavy (non-hydrogen) atoms. The molecule has 2 N–H and O–H groups in total. The van der Waals surface area contributed by atoms with E-state index < -0.39 is 39.7 Å². The molecule has 0 saturated heterocycles. The van der Waals surface area contributed by atoms with Crippen LogP contribution in [-0.4, -0.2) is 46.1 Å². The second-order valence-corrected chi connectivity index (χ2v) is 8.82. The number of hydrogen-bond acceptors (Lipinski definition) is 8. The fraction of sp³-hybridized carbons (Fsp3) is 0.167. The summed E-state index contributed by atoms with van der Waals surface area (Å²) in [4.78, 5) is 24.8. The van der Waals surface area contributed by atoms with Gasteiger partial charge in [-0.05, 0) is 35.9 Å². The fourth-order valence-corrected chi connectivity index (χ4v) is 4.06. The zero-order chi connectivity index (χ0) is 24.7. The van der Waals surface area contributed by atoms with Crippen LogP contribution in [-0.2, 0) is 21.3 Å². The van der Waals surface area contributed by atoms with Crippen LogP contribution in [0.3, 0.4) is 0 Å². The number of esters is 1. The van der Waals surface area contributed by atoms with Crippen LogP contribution < -0.4 is 14.2 Å². The van der Waals surface area contributed by atoms with E-state index in [9.17, 15) is 23.1 Å². The zero-order valence-corrected chi connectivity index (χ0v) is 19.3. The highest BCUT2D eigenvalue weighted by atomic mass is 32.2. The first kappa shape index (κ1) is 24.7. The first-order chi connectivity index (χ1) is 16.2. The number of sulfonamides is 1. The average Bonchev–Trinajstić information content (AvgIpc) is 2.86. The molecule has 0 spiro atoms. The monoisotopic (exact) mass is 485 g/mol. The molecular formula is C24H23NO8S. The van der Waals surface area contributed by atoms with Crippen LogP contribution in [0.4, 0.5) is 0 Å². The van der Waals surface area contributed by atoms with Gasteiger partial charge in [0.2, 0.25) is 15.8 Å². The molecule has 3 aromatic carbocycles. The van der Waals surface area contributed by atoms with Crippen molar-refractivity contribution < 1.29 is 37.3 Å². The average molecular weight is 486 g/mol. The Morgan fingerprint density at radius 3 is 2.32 bits per heavy atom. The first-order valence-corrected chi connectivity index (χ1v) is 11.5. The summed E-state index contributed by atoms with van der Waals surface area (Å²) in [6.45, 7) is -0.605. The van der Waals surface area contributed by atoms with Gasteiger partial charge in [0.1, 0.15) is 22.8 Å². The number of carbonyl (C=O) groups is 2. The Bertz CT molecular complexity index is 1290. The lowest BCUT2D eigenvalue weighted by Crippen LogP contribution is -2.23. The van der Waals surface area contributed by atoms with Crippen LogP contribution in [0, 0.1) is 0 Å². The van der Waals surface area contributed by atoms with Gasteiger partial charge in [0.15, 0.2) is 6.61 Å². The number of methoxy groups -OCH3 is 2. The lowest BCUT2D eigenvalue weighted by atomic mass is 10.1. The van der Waals surface area contributed by atoms with Crippen LogP contribution in [0.2, 0.25) is 0 Å². The molecule has 178 valence electrons. The van der Waals surface area contributed by atoms with Crippen LogP contribution in [0.5, 0.6) is 17.2 Å². The van der Waals surface area contributed by atoms with E-state index in [1.807, 2.05) is 6.07 Å². The number of benzene rings is 3. The summed E-state index contributed by atoms with van der Waals surface area (Å²) in [5.74, 6) is -1.38. The van der Waals surface area contributed by atoms with Gasteiger partial charge in [-0.2, -0.15) is 0 Å². The number of rotatable bonds is 10. The normalized spacial score (nSPS) is 11.0. The van der Waals surface area contributed by atoms with Gasteiger partial charge < -0.3 is 19.3 Å². The Balaban J connectivity index is 1.72. The second-order valence-electron chi connectivity index (χ2n) is 7.05. The molecule has 0 amide bonds. The van der Waals surface area contributed by atoms with Crippen molar-refractivity contribution in [3.63, 3.8) is 0 Å². The van der Waals surface area contributed by atoms with E-state index in [-0.39, 0.29) is 22.8 Å². The van der Waals surface area contributed by atoms with E-state index in [2.05, 4.69) is 4.72 Å². The van der Waals surface area contributed by atoms with E-state index in [4.69, 9.17) is 14.2 Å². The zero-order valence-electron chi connectivity index (χ0n) is 18.5. The minimum Gasteiger partial charge on any atom is -0.507 e. The highest BCUT2D eigenvalue weighted by Gasteiger charge is 2.22. The summed E-state index contributed by atoms with van der Waals surface area (Å²) in [6, 6.07) is 16.6. The molecule has 0 aliphatic carbocycles.